The number of halogens is 3. The average molecular weight is 248 g/mol. The summed E-state index contributed by atoms with van der Waals surface area (Å²) < 4.78 is 38.6. The molecule has 0 radical (unpaired) electrons. The highest BCUT2D eigenvalue weighted by Gasteiger charge is 2.18. The molecule has 0 aliphatic carbocycles. The molecular weight excluding hydrogens is 237 g/mol. The Hall–Kier alpha value is -1.60. The smallest absolute Gasteiger partial charge is 0.254 e. The first kappa shape index (κ1) is 13.5. The number of nitrogens with two attached hydrogens (primary N) is 1. The summed E-state index contributed by atoms with van der Waals surface area (Å²) in [5, 5.41) is 2.26. The van der Waals surface area contributed by atoms with Crippen LogP contribution in [0.4, 0.5) is 13.2 Å². The van der Waals surface area contributed by atoms with Crippen LogP contribution in [0.1, 0.15) is 17.3 Å². The van der Waals surface area contributed by atoms with Gasteiger partial charge < -0.3 is 5.32 Å². The molecule has 17 heavy (non-hydrogen) atoms. The van der Waals surface area contributed by atoms with Crippen molar-refractivity contribution in [3.63, 3.8) is 0 Å². The van der Waals surface area contributed by atoms with Crippen molar-refractivity contribution in [2.45, 2.75) is 13.0 Å². The monoisotopic (exact) mass is 248 g/mol. The third kappa shape index (κ3) is 3.18. The molecule has 1 rings (SSSR count). The minimum Gasteiger partial charge on any atom is -0.349 e. The summed E-state index contributed by atoms with van der Waals surface area (Å²) in [6.07, 6.45) is -0.479. The van der Waals surface area contributed by atoms with E-state index in [-0.39, 0.29) is 6.54 Å². The Balaban J connectivity index is 2.80. The van der Waals surface area contributed by atoms with Crippen molar-refractivity contribution in [3.8, 4) is 0 Å². The van der Waals surface area contributed by atoms with Crippen molar-refractivity contribution in [1.82, 2.24) is 5.32 Å². The number of carbonyl (C=O) groups excluding carboxylic acids is 1. The lowest BCUT2D eigenvalue weighted by atomic mass is 10.2. The van der Waals surface area contributed by atoms with Gasteiger partial charge in [0.1, 0.15) is 0 Å². The number of hydrogen-bond acceptors (Lipinski definition) is 3. The van der Waals surface area contributed by atoms with Gasteiger partial charge in [-0.15, -0.1) is 0 Å². The van der Waals surface area contributed by atoms with Gasteiger partial charge in [-0.25, -0.2) is 19.1 Å². The normalized spacial score (nSPS) is 12.3. The fourth-order valence-electron chi connectivity index (χ4n) is 1.08. The number of amides is 1. The minimum absolute atomic E-state index is 0.0216. The van der Waals surface area contributed by atoms with E-state index in [9.17, 15) is 18.0 Å². The van der Waals surface area contributed by atoms with Gasteiger partial charge in [0, 0.05) is 6.54 Å². The highest BCUT2D eigenvalue weighted by atomic mass is 19.2. The second-order valence-corrected chi connectivity index (χ2v) is 3.38. The standard InChI is InChI=1S/C10H11F3N2O2/c1-5(17-14)4-15-10(16)6-2-3-7(11)9(13)8(6)12/h2-3,5H,4,14H2,1H3,(H,15,16). The van der Waals surface area contributed by atoms with Crippen molar-refractivity contribution < 1.29 is 22.8 Å². The zero-order chi connectivity index (χ0) is 13.0. The molecule has 0 heterocycles. The zero-order valence-corrected chi connectivity index (χ0v) is 8.97. The molecule has 0 aliphatic rings. The maximum absolute atomic E-state index is 13.2. The van der Waals surface area contributed by atoms with Gasteiger partial charge in [-0.1, -0.05) is 0 Å². The predicted octanol–water partition coefficient (Wildman–Crippen LogP) is 1.11. The van der Waals surface area contributed by atoms with Gasteiger partial charge in [0.15, 0.2) is 17.5 Å². The molecule has 0 saturated heterocycles. The van der Waals surface area contributed by atoms with E-state index in [0.29, 0.717) is 6.07 Å². The topological polar surface area (TPSA) is 64.3 Å². The summed E-state index contributed by atoms with van der Waals surface area (Å²) in [7, 11) is 0. The Labute approximate surface area is 95.5 Å². The average Bonchev–Trinajstić information content (AvgIpc) is 2.32. The van der Waals surface area contributed by atoms with Crippen LogP contribution >= 0.6 is 0 Å². The van der Waals surface area contributed by atoms with Crippen LogP contribution in [-0.4, -0.2) is 18.6 Å². The maximum atomic E-state index is 13.2. The van der Waals surface area contributed by atoms with E-state index in [2.05, 4.69) is 10.2 Å². The van der Waals surface area contributed by atoms with Crippen molar-refractivity contribution in [1.29, 1.82) is 0 Å². The summed E-state index contributed by atoms with van der Waals surface area (Å²) in [5.41, 5.74) is -0.576. The molecule has 4 nitrogen and oxygen atoms in total. The van der Waals surface area contributed by atoms with Crippen LogP contribution in [0.25, 0.3) is 0 Å². The van der Waals surface area contributed by atoms with E-state index in [1.54, 1.807) is 6.92 Å². The fourth-order valence-corrected chi connectivity index (χ4v) is 1.08. The van der Waals surface area contributed by atoms with Crippen LogP contribution in [0, 0.1) is 17.5 Å². The molecule has 0 saturated carbocycles. The lowest BCUT2D eigenvalue weighted by molar-refractivity contribution is 0.0621. The number of benzene rings is 1. The molecule has 1 amide bonds. The van der Waals surface area contributed by atoms with E-state index < -0.39 is 35.0 Å². The Kier molecular flexibility index (Phi) is 4.47. The second-order valence-electron chi connectivity index (χ2n) is 3.38. The predicted molar refractivity (Wildman–Crippen MR) is 53.4 cm³/mol. The summed E-state index contributed by atoms with van der Waals surface area (Å²) in [6.45, 7) is 1.59. The van der Waals surface area contributed by atoms with Gasteiger partial charge >= 0.3 is 0 Å². The highest BCUT2D eigenvalue weighted by Crippen LogP contribution is 2.14. The number of carbonyl (C=O) groups is 1. The van der Waals surface area contributed by atoms with Crippen LogP contribution in [0.2, 0.25) is 0 Å². The van der Waals surface area contributed by atoms with Crippen LogP contribution in [0.15, 0.2) is 12.1 Å². The summed E-state index contributed by atoms with van der Waals surface area (Å²) >= 11 is 0. The van der Waals surface area contributed by atoms with Gasteiger partial charge in [-0.05, 0) is 19.1 Å². The first-order valence-electron chi connectivity index (χ1n) is 4.74. The molecule has 7 heteroatoms. The van der Waals surface area contributed by atoms with E-state index in [4.69, 9.17) is 5.90 Å². The summed E-state index contributed by atoms with van der Waals surface area (Å²) in [6, 6.07) is 1.53. The minimum atomic E-state index is -1.68. The van der Waals surface area contributed by atoms with E-state index >= 15 is 0 Å². The lowest BCUT2D eigenvalue weighted by Crippen LogP contribution is -2.33. The van der Waals surface area contributed by atoms with Gasteiger partial charge in [0.25, 0.3) is 5.91 Å². The first-order valence-corrected chi connectivity index (χ1v) is 4.74. The van der Waals surface area contributed by atoms with Gasteiger partial charge in [-0.3, -0.25) is 9.63 Å². The Morgan fingerprint density at radius 1 is 1.41 bits per heavy atom. The third-order valence-corrected chi connectivity index (χ3v) is 2.06. The van der Waals surface area contributed by atoms with Crippen molar-refractivity contribution in [2.24, 2.45) is 5.90 Å². The Morgan fingerprint density at radius 2 is 2.06 bits per heavy atom. The fraction of sp³-hybridized carbons (Fsp3) is 0.300. The lowest BCUT2D eigenvalue weighted by Gasteiger charge is -2.10. The largest absolute Gasteiger partial charge is 0.349 e. The van der Waals surface area contributed by atoms with Gasteiger partial charge in [-0.2, -0.15) is 0 Å². The van der Waals surface area contributed by atoms with Crippen LogP contribution in [0.3, 0.4) is 0 Å². The molecule has 1 atom stereocenters. The Morgan fingerprint density at radius 3 is 2.65 bits per heavy atom. The van der Waals surface area contributed by atoms with Crippen molar-refractivity contribution in [2.75, 3.05) is 6.54 Å². The molecular formula is C10H11F3N2O2. The molecule has 1 aromatic carbocycles. The SMILES string of the molecule is CC(CNC(=O)c1ccc(F)c(F)c1F)ON. The molecule has 0 bridgehead atoms. The Bertz CT molecular complexity index is 426. The highest BCUT2D eigenvalue weighted by molar-refractivity contribution is 5.94. The summed E-state index contributed by atoms with van der Waals surface area (Å²) in [5.74, 6) is -0.588. The van der Waals surface area contributed by atoms with E-state index in [0.717, 1.165) is 6.07 Å². The molecule has 0 spiro atoms. The zero-order valence-electron chi connectivity index (χ0n) is 8.97. The molecule has 1 aromatic rings. The third-order valence-electron chi connectivity index (χ3n) is 2.06. The number of nitrogens with one attached hydrogen (secondary N) is 1. The van der Waals surface area contributed by atoms with Gasteiger partial charge in [0.2, 0.25) is 0 Å². The van der Waals surface area contributed by atoms with Crippen LogP contribution < -0.4 is 11.2 Å². The molecule has 0 aromatic heterocycles. The number of hydrogen-bond donors (Lipinski definition) is 2. The molecule has 3 N–H and O–H groups in total. The van der Waals surface area contributed by atoms with Crippen molar-refractivity contribution >= 4 is 5.91 Å². The van der Waals surface area contributed by atoms with E-state index in [1.165, 1.54) is 0 Å². The maximum Gasteiger partial charge on any atom is 0.254 e. The molecule has 94 valence electrons. The van der Waals surface area contributed by atoms with Crippen LogP contribution in [0.5, 0.6) is 0 Å². The van der Waals surface area contributed by atoms with Crippen molar-refractivity contribution in [3.05, 3.63) is 35.1 Å². The first-order chi connectivity index (χ1) is 7.97. The quantitative estimate of drug-likeness (QED) is 0.619. The summed E-state index contributed by atoms with van der Waals surface area (Å²) in [4.78, 5) is 15.8. The molecule has 1 unspecified atom stereocenters. The number of rotatable bonds is 4. The second kappa shape index (κ2) is 5.65. The van der Waals surface area contributed by atoms with E-state index in [1.807, 2.05) is 0 Å². The molecule has 0 fully saturated rings. The molecule has 0 aliphatic heterocycles. The van der Waals surface area contributed by atoms with Crippen LogP contribution in [-0.2, 0) is 4.84 Å². The van der Waals surface area contributed by atoms with Gasteiger partial charge in [0.05, 0.1) is 11.7 Å².